The largest absolute Gasteiger partial charge is 1.00 e. The lowest BCUT2D eigenvalue weighted by Gasteiger charge is -2.22. The van der Waals surface area contributed by atoms with Crippen molar-refractivity contribution >= 4 is 11.7 Å². The van der Waals surface area contributed by atoms with Gasteiger partial charge in [0.1, 0.15) is 12.1 Å². The van der Waals surface area contributed by atoms with E-state index in [1.165, 1.54) is 32.1 Å². The number of hydrogen-bond acceptors (Lipinski definition) is 3. The lowest BCUT2D eigenvalue weighted by Crippen LogP contribution is -3.00. The third kappa shape index (κ3) is 9.47. The maximum Gasteiger partial charge on any atom is 0.338 e. The first-order valence-corrected chi connectivity index (χ1v) is 8.31. The van der Waals surface area contributed by atoms with Crippen molar-refractivity contribution in [2.24, 2.45) is 0 Å². The van der Waals surface area contributed by atoms with Crippen molar-refractivity contribution in [3.63, 3.8) is 0 Å². The first kappa shape index (κ1) is 21.7. The molecule has 0 radical (unpaired) electrons. The molecule has 0 saturated heterocycles. The molecule has 0 saturated carbocycles. The molecule has 4 nitrogen and oxygen atoms in total. The van der Waals surface area contributed by atoms with E-state index in [2.05, 4.69) is 26.1 Å². The summed E-state index contributed by atoms with van der Waals surface area (Å²) >= 11 is 0. The van der Waals surface area contributed by atoms with Crippen LogP contribution < -0.4 is 23.5 Å². The number of hydrogen-bond donors (Lipinski definition) is 2. The van der Waals surface area contributed by atoms with Gasteiger partial charge in [0.05, 0.1) is 12.1 Å². The van der Waals surface area contributed by atoms with Gasteiger partial charge in [0, 0.05) is 5.69 Å². The van der Waals surface area contributed by atoms with Gasteiger partial charge < -0.3 is 28.2 Å². The Morgan fingerprint density at radius 2 is 1.74 bits per heavy atom. The average molecular weight is 343 g/mol. The van der Waals surface area contributed by atoms with Gasteiger partial charge in [-0.15, -0.1) is 0 Å². The molecule has 0 heterocycles. The normalized spacial score (nSPS) is 10.9. The summed E-state index contributed by atoms with van der Waals surface area (Å²) in [5.41, 5.74) is 6.71. The van der Waals surface area contributed by atoms with Gasteiger partial charge >= 0.3 is 5.97 Å². The fourth-order valence-electron chi connectivity index (χ4n) is 2.25. The zero-order valence-electron chi connectivity index (χ0n) is 14.6. The molecule has 0 aliphatic heterocycles. The Bertz CT molecular complexity index is 447. The average Bonchev–Trinajstić information content (AvgIpc) is 2.49. The minimum absolute atomic E-state index is 0. The van der Waals surface area contributed by atoms with Crippen LogP contribution in [0.4, 0.5) is 5.69 Å². The number of carbonyl (C=O) groups is 1. The van der Waals surface area contributed by atoms with Crippen LogP contribution in [-0.2, 0) is 4.74 Å². The second-order valence-corrected chi connectivity index (χ2v) is 6.59. The minimum atomic E-state index is -0.288. The van der Waals surface area contributed by atoms with Crippen LogP contribution in [0.25, 0.3) is 0 Å². The van der Waals surface area contributed by atoms with E-state index in [0.29, 0.717) is 17.9 Å². The molecule has 1 rings (SSSR count). The standard InChI is InChI=1S/C18H30N2O2.ClH/c1-4-5-6-7-8-13-20-18(2,3)14-22-17(21)15-9-11-16(19)12-10-15;/h9-12,20H,4-8,13-14,19H2,1-3H3;1H. The molecule has 4 N–H and O–H groups in total. The van der Waals surface area contributed by atoms with Crippen molar-refractivity contribution in [3.05, 3.63) is 29.8 Å². The van der Waals surface area contributed by atoms with Crippen LogP contribution in [0.15, 0.2) is 24.3 Å². The molecular formula is C18H31ClN2O2. The van der Waals surface area contributed by atoms with Crippen molar-refractivity contribution in [3.8, 4) is 0 Å². The van der Waals surface area contributed by atoms with Crippen LogP contribution in [0, 0.1) is 0 Å². The van der Waals surface area contributed by atoms with Crippen molar-refractivity contribution in [2.75, 3.05) is 18.9 Å². The molecule has 0 aliphatic carbocycles. The summed E-state index contributed by atoms with van der Waals surface area (Å²) in [5.74, 6) is -0.288. The van der Waals surface area contributed by atoms with E-state index in [9.17, 15) is 4.79 Å². The minimum Gasteiger partial charge on any atom is -1.00 e. The SMILES string of the molecule is CCCCCCC[NH2+]C(C)(C)COC(=O)c1ccc(N)cc1.[Cl-]. The second-order valence-electron chi connectivity index (χ2n) is 6.59. The van der Waals surface area contributed by atoms with Crippen molar-refractivity contribution < 1.29 is 27.3 Å². The first-order valence-electron chi connectivity index (χ1n) is 8.31. The molecule has 5 heteroatoms. The van der Waals surface area contributed by atoms with Crippen LogP contribution in [0.1, 0.15) is 63.2 Å². The smallest absolute Gasteiger partial charge is 0.338 e. The molecule has 0 unspecified atom stereocenters. The van der Waals surface area contributed by atoms with Crippen LogP contribution >= 0.6 is 0 Å². The number of benzene rings is 1. The molecule has 23 heavy (non-hydrogen) atoms. The van der Waals surface area contributed by atoms with Crippen LogP contribution in [0.5, 0.6) is 0 Å². The number of rotatable bonds is 10. The zero-order valence-corrected chi connectivity index (χ0v) is 15.4. The van der Waals surface area contributed by atoms with Gasteiger partial charge in [-0.2, -0.15) is 0 Å². The molecule has 0 fully saturated rings. The molecule has 0 aromatic heterocycles. The number of anilines is 1. The third-order valence-corrected chi connectivity index (χ3v) is 3.73. The van der Waals surface area contributed by atoms with Crippen LogP contribution in [-0.4, -0.2) is 24.7 Å². The fraction of sp³-hybridized carbons (Fsp3) is 0.611. The Morgan fingerprint density at radius 1 is 1.13 bits per heavy atom. The maximum atomic E-state index is 12.0. The second kappa shape index (κ2) is 11.3. The van der Waals surface area contributed by atoms with Gasteiger partial charge in [0.25, 0.3) is 0 Å². The van der Waals surface area contributed by atoms with Gasteiger partial charge in [-0.25, -0.2) is 4.79 Å². The number of quaternary nitrogens is 1. The van der Waals surface area contributed by atoms with E-state index in [4.69, 9.17) is 10.5 Å². The monoisotopic (exact) mass is 342 g/mol. The molecule has 1 aromatic rings. The molecule has 132 valence electrons. The van der Waals surface area contributed by atoms with E-state index in [-0.39, 0.29) is 23.9 Å². The molecule has 0 aliphatic rings. The quantitative estimate of drug-likeness (QED) is 0.350. The van der Waals surface area contributed by atoms with Gasteiger partial charge in [-0.3, -0.25) is 0 Å². The Hall–Kier alpha value is -1.26. The Labute approximate surface area is 146 Å². The first-order chi connectivity index (χ1) is 10.4. The number of carbonyl (C=O) groups excluding carboxylic acids is 1. The summed E-state index contributed by atoms with van der Waals surface area (Å²) in [6, 6.07) is 6.82. The molecule has 0 atom stereocenters. The Morgan fingerprint density at radius 3 is 2.35 bits per heavy atom. The molecule has 1 aromatic carbocycles. The van der Waals surface area contributed by atoms with Crippen molar-refractivity contribution in [1.29, 1.82) is 0 Å². The predicted octanol–water partition coefficient (Wildman–Crippen LogP) is -0.258. The highest BCUT2D eigenvalue weighted by Gasteiger charge is 2.23. The summed E-state index contributed by atoms with van der Waals surface area (Å²) < 4.78 is 5.42. The molecular weight excluding hydrogens is 312 g/mol. The van der Waals surface area contributed by atoms with E-state index in [1.807, 2.05) is 0 Å². The highest BCUT2D eigenvalue weighted by atomic mass is 35.5. The summed E-state index contributed by atoms with van der Waals surface area (Å²) in [7, 11) is 0. The van der Waals surface area contributed by atoms with Gasteiger partial charge in [-0.05, 0) is 51.0 Å². The molecule has 0 amide bonds. The number of ether oxygens (including phenoxy) is 1. The van der Waals surface area contributed by atoms with Crippen molar-refractivity contribution in [2.45, 2.75) is 58.4 Å². The van der Waals surface area contributed by atoms with E-state index in [1.54, 1.807) is 24.3 Å². The maximum absolute atomic E-state index is 12.0. The molecule has 0 bridgehead atoms. The van der Waals surface area contributed by atoms with Crippen LogP contribution in [0.2, 0.25) is 0 Å². The number of esters is 1. The Balaban J connectivity index is 0.00000484. The van der Waals surface area contributed by atoms with Gasteiger partial charge in [0.2, 0.25) is 0 Å². The number of unbranched alkanes of at least 4 members (excludes halogenated alkanes) is 4. The lowest BCUT2D eigenvalue weighted by atomic mass is 10.1. The topological polar surface area (TPSA) is 68.9 Å². The summed E-state index contributed by atoms with van der Waals surface area (Å²) in [6.07, 6.45) is 6.41. The lowest BCUT2D eigenvalue weighted by molar-refractivity contribution is -0.722. The summed E-state index contributed by atoms with van der Waals surface area (Å²) in [4.78, 5) is 12.0. The van der Waals surface area contributed by atoms with Gasteiger partial charge in [0.15, 0.2) is 0 Å². The summed E-state index contributed by atoms with van der Waals surface area (Å²) in [6.45, 7) is 7.93. The van der Waals surface area contributed by atoms with Crippen LogP contribution in [0.3, 0.4) is 0 Å². The van der Waals surface area contributed by atoms with Crippen molar-refractivity contribution in [1.82, 2.24) is 0 Å². The zero-order chi connectivity index (χ0) is 16.4. The fourth-order valence-corrected chi connectivity index (χ4v) is 2.25. The predicted molar refractivity (Wildman–Crippen MR) is 90.8 cm³/mol. The van der Waals surface area contributed by atoms with E-state index in [0.717, 1.165) is 6.54 Å². The number of nitrogen functional groups attached to an aromatic ring is 1. The van der Waals surface area contributed by atoms with E-state index < -0.39 is 0 Å². The third-order valence-electron chi connectivity index (χ3n) is 3.73. The molecule has 0 spiro atoms. The van der Waals surface area contributed by atoms with Gasteiger partial charge in [-0.1, -0.05) is 26.2 Å². The highest BCUT2D eigenvalue weighted by Crippen LogP contribution is 2.08. The highest BCUT2D eigenvalue weighted by molar-refractivity contribution is 5.89. The number of nitrogens with two attached hydrogens (primary N) is 2. The Kier molecular flexibility index (Phi) is 10.7. The number of halogens is 1. The van der Waals surface area contributed by atoms with E-state index >= 15 is 0 Å². The summed E-state index contributed by atoms with van der Waals surface area (Å²) in [5, 5.41) is 2.27.